The molecule has 6 nitrogen and oxygen atoms in total. The fraction of sp³-hybridized carbons (Fsp3) is 0.278. The van der Waals surface area contributed by atoms with Crippen LogP contribution >= 0.6 is 0 Å². The number of carboxylic acids is 1. The van der Waals surface area contributed by atoms with Gasteiger partial charge in [-0.05, 0) is 25.5 Å². The normalized spacial score (nSPS) is 12.9. The van der Waals surface area contributed by atoms with E-state index in [2.05, 4.69) is 10.3 Å². The quantitative estimate of drug-likeness (QED) is 0.815. The summed E-state index contributed by atoms with van der Waals surface area (Å²) in [7, 11) is 0. The maximum Gasteiger partial charge on any atom is 0.308 e. The molecule has 2 N–H and O–H groups in total. The molecular weight excluding hydrogens is 308 g/mol. The van der Waals surface area contributed by atoms with Crippen LogP contribution in [0.15, 0.2) is 48.7 Å². The van der Waals surface area contributed by atoms with Crippen LogP contribution in [0.5, 0.6) is 5.88 Å². The van der Waals surface area contributed by atoms with Crippen LogP contribution in [0.4, 0.5) is 0 Å². The molecular formula is C18H20N2O4. The summed E-state index contributed by atoms with van der Waals surface area (Å²) in [5, 5.41) is 11.6. The number of nitrogens with zero attached hydrogens (tertiary/aromatic N) is 1. The third kappa shape index (κ3) is 4.81. The van der Waals surface area contributed by atoms with E-state index < -0.39 is 17.9 Å². The van der Waals surface area contributed by atoms with E-state index >= 15 is 0 Å². The molecule has 1 heterocycles. The molecule has 0 spiro atoms. The van der Waals surface area contributed by atoms with Crippen molar-refractivity contribution in [1.82, 2.24) is 10.3 Å². The Morgan fingerprint density at radius 2 is 1.88 bits per heavy atom. The van der Waals surface area contributed by atoms with Gasteiger partial charge in [0.2, 0.25) is 5.88 Å². The predicted molar refractivity (Wildman–Crippen MR) is 88.7 cm³/mol. The smallest absolute Gasteiger partial charge is 0.308 e. The van der Waals surface area contributed by atoms with Crippen molar-refractivity contribution in [2.75, 3.05) is 0 Å². The molecule has 0 saturated heterocycles. The number of ether oxygens (including phenoxy) is 1. The van der Waals surface area contributed by atoms with Crippen LogP contribution in [-0.4, -0.2) is 28.0 Å². The molecule has 0 bridgehead atoms. The number of rotatable bonds is 7. The second kappa shape index (κ2) is 8.10. The maximum absolute atomic E-state index is 12.1. The van der Waals surface area contributed by atoms with Crippen LogP contribution in [-0.2, 0) is 11.4 Å². The summed E-state index contributed by atoms with van der Waals surface area (Å²) >= 11 is 0. The van der Waals surface area contributed by atoms with Crippen molar-refractivity contribution in [3.05, 3.63) is 59.8 Å². The van der Waals surface area contributed by atoms with Crippen LogP contribution in [0.25, 0.3) is 0 Å². The number of pyridine rings is 1. The number of benzene rings is 1. The first-order valence-electron chi connectivity index (χ1n) is 7.64. The summed E-state index contributed by atoms with van der Waals surface area (Å²) < 4.78 is 5.56. The Morgan fingerprint density at radius 3 is 2.46 bits per heavy atom. The second-order valence-corrected chi connectivity index (χ2v) is 5.55. The molecule has 1 aromatic carbocycles. The lowest BCUT2D eigenvalue weighted by Crippen LogP contribution is -2.40. The molecule has 0 aliphatic carbocycles. The summed E-state index contributed by atoms with van der Waals surface area (Å²) in [6, 6.07) is 12.4. The Bertz CT molecular complexity index is 686. The van der Waals surface area contributed by atoms with Gasteiger partial charge in [0.05, 0.1) is 11.5 Å². The van der Waals surface area contributed by atoms with E-state index in [9.17, 15) is 9.59 Å². The van der Waals surface area contributed by atoms with Gasteiger partial charge in [0, 0.05) is 18.3 Å². The number of carboxylic acid groups (broad SMARTS) is 1. The van der Waals surface area contributed by atoms with Crippen LogP contribution < -0.4 is 10.1 Å². The minimum absolute atomic E-state index is 0.353. The molecule has 126 valence electrons. The minimum Gasteiger partial charge on any atom is -0.481 e. The fourth-order valence-corrected chi connectivity index (χ4v) is 1.96. The van der Waals surface area contributed by atoms with Crippen LogP contribution in [0, 0.1) is 5.92 Å². The van der Waals surface area contributed by atoms with Crippen molar-refractivity contribution >= 4 is 11.9 Å². The standard InChI is InChI=1S/C18H20N2O4/c1-12(18(22)23)13(2)20-17(21)15-8-9-16(19-10-15)24-11-14-6-4-3-5-7-14/h3-10,12-13H,11H2,1-2H3,(H,20,21)(H,22,23). The first-order valence-corrected chi connectivity index (χ1v) is 7.64. The zero-order valence-corrected chi connectivity index (χ0v) is 13.6. The molecule has 0 radical (unpaired) electrons. The third-order valence-corrected chi connectivity index (χ3v) is 3.73. The largest absolute Gasteiger partial charge is 0.481 e. The maximum atomic E-state index is 12.1. The highest BCUT2D eigenvalue weighted by Gasteiger charge is 2.21. The van der Waals surface area contributed by atoms with Crippen LogP contribution in [0.1, 0.15) is 29.8 Å². The molecule has 0 fully saturated rings. The highest BCUT2D eigenvalue weighted by Crippen LogP contribution is 2.11. The van der Waals surface area contributed by atoms with Crippen LogP contribution in [0.2, 0.25) is 0 Å². The third-order valence-electron chi connectivity index (χ3n) is 3.73. The SMILES string of the molecule is CC(NC(=O)c1ccc(OCc2ccccc2)nc1)C(C)C(=O)O. The summed E-state index contributed by atoms with van der Waals surface area (Å²) in [6.45, 7) is 3.60. The van der Waals surface area contributed by atoms with E-state index in [1.54, 1.807) is 26.0 Å². The summed E-state index contributed by atoms with van der Waals surface area (Å²) in [6.07, 6.45) is 1.41. The van der Waals surface area contributed by atoms with E-state index in [0.29, 0.717) is 18.1 Å². The lowest BCUT2D eigenvalue weighted by atomic mass is 10.0. The average molecular weight is 328 g/mol. The van der Waals surface area contributed by atoms with Gasteiger partial charge in [0.1, 0.15) is 6.61 Å². The number of aliphatic carboxylic acids is 1. The Labute approximate surface area is 140 Å². The summed E-state index contributed by atoms with van der Waals surface area (Å²) in [5.74, 6) is -1.57. The van der Waals surface area contributed by atoms with E-state index in [1.807, 2.05) is 30.3 Å². The Balaban J connectivity index is 1.91. The van der Waals surface area contributed by atoms with E-state index in [1.165, 1.54) is 6.20 Å². The van der Waals surface area contributed by atoms with E-state index in [-0.39, 0.29) is 5.91 Å². The molecule has 0 aliphatic heterocycles. The average Bonchev–Trinajstić information content (AvgIpc) is 2.60. The van der Waals surface area contributed by atoms with E-state index in [0.717, 1.165) is 5.56 Å². The number of carbonyl (C=O) groups is 2. The topological polar surface area (TPSA) is 88.5 Å². The molecule has 0 saturated carbocycles. The molecule has 1 aromatic heterocycles. The molecule has 2 unspecified atom stereocenters. The van der Waals surface area contributed by atoms with Gasteiger partial charge >= 0.3 is 5.97 Å². The Morgan fingerprint density at radius 1 is 1.17 bits per heavy atom. The van der Waals surface area contributed by atoms with Gasteiger partial charge in [0.25, 0.3) is 5.91 Å². The summed E-state index contributed by atoms with van der Waals surface area (Å²) in [5.41, 5.74) is 1.38. The van der Waals surface area contributed by atoms with Gasteiger partial charge in [-0.1, -0.05) is 30.3 Å². The number of aromatic nitrogens is 1. The fourth-order valence-electron chi connectivity index (χ4n) is 1.96. The molecule has 24 heavy (non-hydrogen) atoms. The van der Waals surface area contributed by atoms with Crippen molar-refractivity contribution < 1.29 is 19.4 Å². The van der Waals surface area contributed by atoms with Crippen molar-refractivity contribution in [3.63, 3.8) is 0 Å². The molecule has 0 aliphatic rings. The van der Waals surface area contributed by atoms with Gasteiger partial charge in [-0.15, -0.1) is 0 Å². The predicted octanol–water partition coefficient (Wildman–Crippen LogP) is 2.50. The Kier molecular flexibility index (Phi) is 5.89. The lowest BCUT2D eigenvalue weighted by Gasteiger charge is -2.17. The highest BCUT2D eigenvalue weighted by molar-refractivity contribution is 5.94. The lowest BCUT2D eigenvalue weighted by molar-refractivity contribution is -0.141. The number of hydrogen-bond donors (Lipinski definition) is 2. The van der Waals surface area contributed by atoms with Crippen molar-refractivity contribution in [2.45, 2.75) is 26.5 Å². The molecule has 2 rings (SSSR count). The monoisotopic (exact) mass is 328 g/mol. The highest BCUT2D eigenvalue weighted by atomic mass is 16.5. The zero-order valence-electron chi connectivity index (χ0n) is 13.6. The number of hydrogen-bond acceptors (Lipinski definition) is 4. The first-order chi connectivity index (χ1) is 11.5. The number of carbonyl (C=O) groups excluding carboxylic acids is 1. The van der Waals surface area contributed by atoms with Crippen molar-refractivity contribution in [2.24, 2.45) is 5.92 Å². The molecule has 2 atom stereocenters. The van der Waals surface area contributed by atoms with Gasteiger partial charge in [-0.25, -0.2) is 4.98 Å². The molecule has 1 amide bonds. The van der Waals surface area contributed by atoms with Gasteiger partial charge in [-0.2, -0.15) is 0 Å². The molecule has 2 aromatic rings. The number of nitrogens with one attached hydrogen (secondary N) is 1. The zero-order chi connectivity index (χ0) is 17.5. The summed E-state index contributed by atoms with van der Waals surface area (Å²) in [4.78, 5) is 27.1. The second-order valence-electron chi connectivity index (χ2n) is 5.55. The van der Waals surface area contributed by atoms with Crippen molar-refractivity contribution in [1.29, 1.82) is 0 Å². The first kappa shape index (κ1) is 17.5. The van der Waals surface area contributed by atoms with Gasteiger partial charge in [-0.3, -0.25) is 9.59 Å². The minimum atomic E-state index is -0.953. The van der Waals surface area contributed by atoms with Gasteiger partial charge in [0.15, 0.2) is 0 Å². The molecule has 6 heteroatoms. The van der Waals surface area contributed by atoms with Gasteiger partial charge < -0.3 is 15.2 Å². The van der Waals surface area contributed by atoms with Crippen LogP contribution in [0.3, 0.4) is 0 Å². The number of amides is 1. The van der Waals surface area contributed by atoms with Crippen molar-refractivity contribution in [3.8, 4) is 5.88 Å². The Hall–Kier alpha value is -2.89. The van der Waals surface area contributed by atoms with E-state index in [4.69, 9.17) is 9.84 Å².